The monoisotopic (exact) mass is 645 g/mol. The van der Waals surface area contributed by atoms with Gasteiger partial charge < -0.3 is 15.0 Å². The van der Waals surface area contributed by atoms with Gasteiger partial charge in [-0.05, 0) is 87.4 Å². The van der Waals surface area contributed by atoms with Crippen LogP contribution in [0.15, 0.2) is 108 Å². The highest BCUT2D eigenvalue weighted by Gasteiger charge is 2.35. The van der Waals surface area contributed by atoms with Crippen LogP contribution in [-0.4, -0.2) is 50.4 Å². The van der Waals surface area contributed by atoms with Gasteiger partial charge in [0.05, 0.1) is 17.2 Å². The Hall–Kier alpha value is -4.70. The van der Waals surface area contributed by atoms with Crippen LogP contribution in [0.4, 0.5) is 10.1 Å². The van der Waals surface area contributed by atoms with Gasteiger partial charge in [0.25, 0.3) is 10.0 Å². The Kier molecular flexibility index (Phi) is 11.5. The molecule has 0 aliphatic heterocycles. The number of nitrogens with one attached hydrogen (secondary N) is 1. The molecule has 0 radical (unpaired) electrons. The zero-order chi connectivity index (χ0) is 33.3. The molecule has 4 aromatic rings. The number of rotatable bonds is 14. The first-order chi connectivity index (χ1) is 22.0. The van der Waals surface area contributed by atoms with Gasteiger partial charge in [-0.3, -0.25) is 13.9 Å². The van der Waals surface area contributed by atoms with Gasteiger partial charge in [0.15, 0.2) is 0 Å². The lowest BCUT2D eigenvalue weighted by Crippen LogP contribution is -2.54. The van der Waals surface area contributed by atoms with Gasteiger partial charge in [0.1, 0.15) is 24.2 Å². The van der Waals surface area contributed by atoms with Crippen molar-refractivity contribution in [2.45, 2.75) is 57.6 Å². The van der Waals surface area contributed by atoms with Crippen LogP contribution in [0.5, 0.6) is 5.75 Å². The first-order valence-corrected chi connectivity index (χ1v) is 16.6. The Morgan fingerprint density at radius 3 is 2.07 bits per heavy atom. The van der Waals surface area contributed by atoms with Gasteiger partial charge in [0.2, 0.25) is 11.8 Å². The van der Waals surface area contributed by atoms with Crippen LogP contribution in [0.2, 0.25) is 0 Å². The number of amides is 2. The minimum atomic E-state index is -4.32. The number of anilines is 1. The number of benzene rings is 4. The Morgan fingerprint density at radius 1 is 0.848 bits per heavy atom. The fourth-order valence-corrected chi connectivity index (χ4v) is 6.38. The highest BCUT2D eigenvalue weighted by molar-refractivity contribution is 7.92. The minimum Gasteiger partial charge on any atom is -0.494 e. The van der Waals surface area contributed by atoms with E-state index in [1.165, 1.54) is 41.3 Å². The second-order valence-corrected chi connectivity index (χ2v) is 13.1. The van der Waals surface area contributed by atoms with Crippen molar-refractivity contribution in [2.75, 3.05) is 17.5 Å². The molecule has 10 heteroatoms. The van der Waals surface area contributed by atoms with E-state index in [9.17, 15) is 22.4 Å². The smallest absolute Gasteiger partial charge is 0.264 e. The van der Waals surface area contributed by atoms with Crippen molar-refractivity contribution >= 4 is 27.5 Å². The molecule has 0 saturated carbocycles. The minimum absolute atomic E-state index is 0.0580. The maximum Gasteiger partial charge on any atom is 0.264 e. The molecule has 46 heavy (non-hydrogen) atoms. The number of carbonyl (C=O) groups is 2. The number of ether oxygens (including phenoxy) is 1. The van der Waals surface area contributed by atoms with E-state index < -0.39 is 34.3 Å². The molecule has 0 fully saturated rings. The van der Waals surface area contributed by atoms with E-state index in [4.69, 9.17) is 4.74 Å². The van der Waals surface area contributed by atoms with Crippen LogP contribution in [0.1, 0.15) is 37.5 Å². The van der Waals surface area contributed by atoms with E-state index in [-0.39, 0.29) is 35.5 Å². The van der Waals surface area contributed by atoms with Crippen molar-refractivity contribution in [3.8, 4) is 5.75 Å². The van der Waals surface area contributed by atoms with Gasteiger partial charge in [0, 0.05) is 19.0 Å². The van der Waals surface area contributed by atoms with Gasteiger partial charge >= 0.3 is 0 Å². The van der Waals surface area contributed by atoms with Crippen molar-refractivity contribution in [1.29, 1.82) is 0 Å². The molecule has 1 atom stereocenters. The molecule has 242 valence electrons. The Labute approximate surface area is 270 Å². The van der Waals surface area contributed by atoms with E-state index in [0.717, 1.165) is 33.1 Å². The predicted octanol–water partition coefficient (Wildman–Crippen LogP) is 5.89. The number of nitrogens with zero attached hydrogens (tertiary/aromatic N) is 2. The summed E-state index contributed by atoms with van der Waals surface area (Å²) in [5, 5.41) is 2.94. The van der Waals surface area contributed by atoms with Crippen LogP contribution < -0.4 is 14.4 Å². The molecular weight excluding hydrogens is 605 g/mol. The highest BCUT2D eigenvalue weighted by atomic mass is 32.2. The number of carbonyl (C=O) groups excluding carboxylic acids is 2. The number of aryl methyl sites for hydroxylation is 1. The summed E-state index contributed by atoms with van der Waals surface area (Å²) in [4.78, 5) is 29.6. The van der Waals surface area contributed by atoms with Gasteiger partial charge in [-0.25, -0.2) is 12.8 Å². The highest BCUT2D eigenvalue weighted by Crippen LogP contribution is 2.27. The lowest BCUT2D eigenvalue weighted by Gasteiger charge is -2.34. The summed E-state index contributed by atoms with van der Waals surface area (Å²) in [6.45, 7) is 7.28. The molecule has 0 spiro atoms. The standard InChI is InChI=1S/C36H40FN3O5S/c1-5-45-32-19-21-33(22-20-32)46(43,44)40(31-17-15-30(37)16-18-31)25-35(41)39(24-29-13-11-27(4)12-14-29)34(36(42)38-26(2)3)23-28-9-7-6-8-10-28/h6-22,26,34H,5,23-25H2,1-4H3,(H,38,42)/t34-/m0/s1. The normalized spacial score (nSPS) is 12.0. The molecule has 0 heterocycles. The largest absolute Gasteiger partial charge is 0.494 e. The predicted molar refractivity (Wildman–Crippen MR) is 177 cm³/mol. The van der Waals surface area contributed by atoms with E-state index in [1.807, 2.05) is 82.3 Å². The fourth-order valence-electron chi connectivity index (χ4n) is 4.96. The zero-order valence-electron chi connectivity index (χ0n) is 26.5. The van der Waals surface area contributed by atoms with E-state index in [0.29, 0.717) is 12.4 Å². The Bertz CT molecular complexity index is 1700. The lowest BCUT2D eigenvalue weighted by molar-refractivity contribution is -0.140. The van der Waals surface area contributed by atoms with E-state index >= 15 is 0 Å². The fraction of sp³-hybridized carbons (Fsp3) is 0.278. The SMILES string of the molecule is CCOc1ccc(S(=O)(=O)N(CC(=O)N(Cc2ccc(C)cc2)[C@@H](Cc2ccccc2)C(=O)NC(C)C)c2ccc(F)cc2)cc1. The van der Waals surface area contributed by atoms with Crippen molar-refractivity contribution < 1.29 is 27.1 Å². The molecule has 0 aliphatic carbocycles. The van der Waals surface area contributed by atoms with Gasteiger partial charge in [-0.1, -0.05) is 60.2 Å². The molecule has 0 saturated heterocycles. The summed E-state index contributed by atoms with van der Waals surface area (Å²) >= 11 is 0. The molecule has 8 nitrogen and oxygen atoms in total. The van der Waals surface area contributed by atoms with Crippen LogP contribution >= 0.6 is 0 Å². The van der Waals surface area contributed by atoms with Gasteiger partial charge in [-0.2, -0.15) is 0 Å². The molecule has 4 rings (SSSR count). The molecule has 1 N–H and O–H groups in total. The number of hydrogen-bond donors (Lipinski definition) is 1. The molecule has 0 bridgehead atoms. The summed E-state index contributed by atoms with van der Waals surface area (Å²) in [5.74, 6) is -1.01. The van der Waals surface area contributed by atoms with Gasteiger partial charge in [-0.15, -0.1) is 0 Å². The van der Waals surface area contributed by atoms with Crippen molar-refractivity contribution in [1.82, 2.24) is 10.2 Å². The molecule has 0 unspecified atom stereocenters. The summed E-state index contributed by atoms with van der Waals surface area (Å²) in [5.41, 5.74) is 2.75. The third-order valence-electron chi connectivity index (χ3n) is 7.29. The molecule has 4 aromatic carbocycles. The number of halogens is 1. The van der Waals surface area contributed by atoms with E-state index in [1.54, 1.807) is 0 Å². The molecule has 0 aliphatic rings. The number of hydrogen-bond acceptors (Lipinski definition) is 5. The average molecular weight is 646 g/mol. The molecular formula is C36H40FN3O5S. The Morgan fingerprint density at radius 2 is 1.48 bits per heavy atom. The third kappa shape index (κ3) is 8.94. The summed E-state index contributed by atoms with van der Waals surface area (Å²) in [6, 6.07) is 26.6. The first-order valence-electron chi connectivity index (χ1n) is 15.2. The van der Waals surface area contributed by atoms with Crippen LogP contribution in [-0.2, 0) is 32.6 Å². The quantitative estimate of drug-likeness (QED) is 0.185. The van der Waals surface area contributed by atoms with Crippen molar-refractivity contribution in [3.05, 3.63) is 126 Å². The van der Waals surface area contributed by atoms with Crippen LogP contribution in [0, 0.1) is 12.7 Å². The van der Waals surface area contributed by atoms with Crippen molar-refractivity contribution in [2.24, 2.45) is 0 Å². The molecule has 2 amide bonds. The third-order valence-corrected chi connectivity index (χ3v) is 9.08. The zero-order valence-corrected chi connectivity index (χ0v) is 27.3. The molecule has 0 aromatic heterocycles. The summed E-state index contributed by atoms with van der Waals surface area (Å²) in [6.07, 6.45) is 0.208. The van der Waals surface area contributed by atoms with E-state index in [2.05, 4.69) is 5.32 Å². The summed E-state index contributed by atoms with van der Waals surface area (Å²) in [7, 11) is -4.32. The number of sulfonamides is 1. The first kappa shape index (κ1) is 34.2. The Balaban J connectivity index is 1.79. The second kappa shape index (κ2) is 15.5. The maximum absolute atomic E-state index is 14.5. The second-order valence-electron chi connectivity index (χ2n) is 11.3. The summed E-state index contributed by atoms with van der Waals surface area (Å²) < 4.78 is 48.6. The van der Waals surface area contributed by atoms with Crippen LogP contribution in [0.3, 0.4) is 0 Å². The lowest BCUT2D eigenvalue weighted by atomic mass is 10.0. The maximum atomic E-state index is 14.5. The topological polar surface area (TPSA) is 96.0 Å². The van der Waals surface area contributed by atoms with Crippen molar-refractivity contribution in [3.63, 3.8) is 0 Å². The average Bonchev–Trinajstić information content (AvgIpc) is 3.03. The van der Waals surface area contributed by atoms with Crippen LogP contribution in [0.25, 0.3) is 0 Å².